The van der Waals surface area contributed by atoms with Gasteiger partial charge in [0.2, 0.25) is 0 Å². The third-order valence-corrected chi connectivity index (χ3v) is 4.37. The lowest BCUT2D eigenvalue weighted by Crippen LogP contribution is -2.38. The number of carboxylic acid groups (broad SMARTS) is 1. The summed E-state index contributed by atoms with van der Waals surface area (Å²) in [6.07, 6.45) is -0.579. The third kappa shape index (κ3) is 2.55. The molecule has 1 aliphatic heterocycles. The second-order valence-electron chi connectivity index (χ2n) is 6.70. The molecule has 0 fully saturated rings. The molecule has 2 N–H and O–H groups in total. The molecule has 122 valence electrons. The molecule has 0 bridgehead atoms. The van der Waals surface area contributed by atoms with Crippen LogP contribution in [0.1, 0.15) is 37.5 Å². The van der Waals surface area contributed by atoms with Crippen LogP contribution in [-0.2, 0) is 18.4 Å². The first-order valence-corrected chi connectivity index (χ1v) is 7.66. The van der Waals surface area contributed by atoms with E-state index in [0.29, 0.717) is 29.3 Å². The minimum atomic E-state index is -1.03. The molecular formula is C15H17ClN4O3. The Morgan fingerprint density at radius 3 is 2.61 bits per heavy atom. The quantitative estimate of drug-likeness (QED) is 0.769. The van der Waals surface area contributed by atoms with E-state index in [0.717, 1.165) is 16.5 Å². The van der Waals surface area contributed by atoms with Crippen LogP contribution in [0.3, 0.4) is 0 Å². The van der Waals surface area contributed by atoms with Crippen LogP contribution in [0.15, 0.2) is 4.79 Å². The summed E-state index contributed by atoms with van der Waals surface area (Å²) in [4.78, 5) is 27.4. The van der Waals surface area contributed by atoms with Gasteiger partial charge in [0.15, 0.2) is 10.8 Å². The van der Waals surface area contributed by atoms with Gasteiger partial charge in [0.05, 0.1) is 6.54 Å². The first-order chi connectivity index (χ1) is 10.7. The van der Waals surface area contributed by atoms with E-state index in [-0.39, 0.29) is 17.5 Å². The fourth-order valence-corrected chi connectivity index (χ4v) is 3.49. The summed E-state index contributed by atoms with van der Waals surface area (Å²) in [5.74, 6) is 0. The van der Waals surface area contributed by atoms with E-state index in [9.17, 15) is 9.59 Å². The largest absolute Gasteiger partial charge is 0.465 e. The van der Waals surface area contributed by atoms with Crippen molar-refractivity contribution in [2.45, 2.75) is 39.2 Å². The molecule has 0 saturated heterocycles. The van der Waals surface area contributed by atoms with Crippen molar-refractivity contribution in [2.24, 2.45) is 0 Å². The molecule has 23 heavy (non-hydrogen) atoms. The van der Waals surface area contributed by atoms with Gasteiger partial charge in [0.25, 0.3) is 5.56 Å². The Labute approximate surface area is 137 Å². The molecule has 0 spiro atoms. The molecule has 0 unspecified atom stereocenters. The molecule has 3 rings (SSSR count). The van der Waals surface area contributed by atoms with Gasteiger partial charge in [0, 0.05) is 23.1 Å². The Hall–Kier alpha value is -2.15. The fraction of sp³-hybridized carbons (Fsp3) is 0.467. The number of halogens is 1. The summed E-state index contributed by atoms with van der Waals surface area (Å²) in [6, 6.07) is 0. The standard InChI is InChI=1S/C15H17ClN4O3/c1-15(2,3)10-9-7-4-5-20(14(22)23)6-8(7)13(21)17-12(9)19-18-11(10)16/h4-6H2,1-3H3,(H,22,23)(H,17,19,21). The molecule has 8 heteroatoms. The number of fused-ring (bicyclic) bond motifs is 3. The third-order valence-electron chi connectivity index (χ3n) is 4.10. The highest BCUT2D eigenvalue weighted by Gasteiger charge is 2.30. The van der Waals surface area contributed by atoms with Crippen molar-refractivity contribution in [1.82, 2.24) is 20.1 Å². The van der Waals surface area contributed by atoms with E-state index >= 15 is 0 Å². The van der Waals surface area contributed by atoms with Gasteiger partial charge in [-0.2, -0.15) is 0 Å². The van der Waals surface area contributed by atoms with Crippen molar-refractivity contribution in [3.8, 4) is 0 Å². The van der Waals surface area contributed by atoms with Crippen LogP contribution in [0.4, 0.5) is 4.79 Å². The summed E-state index contributed by atoms with van der Waals surface area (Å²) >= 11 is 6.28. The number of amides is 1. The van der Waals surface area contributed by atoms with Crippen LogP contribution in [0.5, 0.6) is 0 Å². The van der Waals surface area contributed by atoms with Crippen molar-refractivity contribution in [2.75, 3.05) is 6.54 Å². The molecule has 3 heterocycles. The lowest BCUT2D eigenvalue weighted by molar-refractivity contribution is 0.140. The van der Waals surface area contributed by atoms with Crippen LogP contribution < -0.4 is 5.56 Å². The minimum Gasteiger partial charge on any atom is -0.465 e. The second-order valence-corrected chi connectivity index (χ2v) is 7.06. The lowest BCUT2D eigenvalue weighted by atomic mass is 9.83. The van der Waals surface area contributed by atoms with Crippen LogP contribution in [0.2, 0.25) is 5.15 Å². The van der Waals surface area contributed by atoms with Gasteiger partial charge in [0.1, 0.15) is 0 Å². The van der Waals surface area contributed by atoms with E-state index in [4.69, 9.17) is 16.7 Å². The van der Waals surface area contributed by atoms with Gasteiger partial charge in [-0.3, -0.25) is 4.79 Å². The number of H-pyrrole nitrogens is 1. The zero-order chi connectivity index (χ0) is 16.9. The maximum absolute atomic E-state index is 12.3. The SMILES string of the molecule is CC(C)(C)c1c(Cl)nnc2[nH]c(=O)c3c(c12)CCN(C(=O)O)C3. The summed E-state index contributed by atoms with van der Waals surface area (Å²) in [6.45, 7) is 6.45. The number of nitrogens with one attached hydrogen (secondary N) is 1. The summed E-state index contributed by atoms with van der Waals surface area (Å²) in [5.41, 5.74) is 1.88. The molecular weight excluding hydrogens is 320 g/mol. The van der Waals surface area contributed by atoms with Crippen LogP contribution in [0, 0.1) is 0 Å². The Kier molecular flexibility index (Phi) is 3.55. The minimum absolute atomic E-state index is 0.0689. The van der Waals surface area contributed by atoms with Gasteiger partial charge < -0.3 is 15.0 Å². The fourth-order valence-electron chi connectivity index (χ4n) is 3.08. The zero-order valence-corrected chi connectivity index (χ0v) is 13.9. The number of pyridine rings is 1. The van der Waals surface area contributed by atoms with Gasteiger partial charge >= 0.3 is 6.09 Å². The number of aromatic nitrogens is 3. The van der Waals surface area contributed by atoms with Gasteiger partial charge in [-0.1, -0.05) is 32.4 Å². The van der Waals surface area contributed by atoms with Gasteiger partial charge in [-0.25, -0.2) is 4.79 Å². The van der Waals surface area contributed by atoms with Crippen molar-refractivity contribution in [1.29, 1.82) is 0 Å². The van der Waals surface area contributed by atoms with E-state index in [1.165, 1.54) is 4.90 Å². The molecule has 0 aliphatic carbocycles. The van der Waals surface area contributed by atoms with E-state index in [2.05, 4.69) is 15.2 Å². The number of hydrogen-bond acceptors (Lipinski definition) is 4. The molecule has 0 saturated carbocycles. The predicted octanol–water partition coefficient (Wildman–Crippen LogP) is 2.31. The Morgan fingerprint density at radius 2 is 2.00 bits per heavy atom. The molecule has 7 nitrogen and oxygen atoms in total. The van der Waals surface area contributed by atoms with E-state index in [1.54, 1.807) is 0 Å². The lowest BCUT2D eigenvalue weighted by Gasteiger charge is -2.29. The topological polar surface area (TPSA) is 99.2 Å². The first kappa shape index (κ1) is 15.7. The number of rotatable bonds is 0. The molecule has 0 atom stereocenters. The maximum atomic E-state index is 12.3. The molecule has 1 amide bonds. The summed E-state index contributed by atoms with van der Waals surface area (Å²) in [5, 5.41) is 18.2. The van der Waals surface area contributed by atoms with Gasteiger partial charge in [-0.05, 0) is 17.4 Å². The monoisotopic (exact) mass is 336 g/mol. The van der Waals surface area contributed by atoms with Crippen LogP contribution in [-0.4, -0.2) is 37.8 Å². The predicted molar refractivity (Wildman–Crippen MR) is 86.0 cm³/mol. The van der Waals surface area contributed by atoms with Crippen molar-refractivity contribution in [3.05, 3.63) is 32.2 Å². The zero-order valence-electron chi connectivity index (χ0n) is 13.1. The smallest absolute Gasteiger partial charge is 0.407 e. The normalized spacial score (nSPS) is 14.9. The molecule has 0 aromatic carbocycles. The molecule has 0 radical (unpaired) electrons. The number of nitrogens with zero attached hydrogens (tertiary/aromatic N) is 3. The van der Waals surface area contributed by atoms with E-state index < -0.39 is 6.09 Å². The van der Waals surface area contributed by atoms with Crippen LogP contribution >= 0.6 is 11.6 Å². The number of carbonyl (C=O) groups is 1. The van der Waals surface area contributed by atoms with Crippen molar-refractivity contribution < 1.29 is 9.90 Å². The van der Waals surface area contributed by atoms with Crippen molar-refractivity contribution in [3.63, 3.8) is 0 Å². The average molecular weight is 337 g/mol. The first-order valence-electron chi connectivity index (χ1n) is 7.28. The highest BCUT2D eigenvalue weighted by Crippen LogP contribution is 2.36. The molecule has 1 aliphatic rings. The maximum Gasteiger partial charge on any atom is 0.407 e. The molecule has 2 aromatic heterocycles. The summed E-state index contributed by atoms with van der Waals surface area (Å²) < 4.78 is 0. The number of hydrogen-bond donors (Lipinski definition) is 2. The van der Waals surface area contributed by atoms with Crippen molar-refractivity contribution >= 4 is 28.7 Å². The van der Waals surface area contributed by atoms with Crippen LogP contribution in [0.25, 0.3) is 11.0 Å². The Morgan fingerprint density at radius 1 is 1.30 bits per heavy atom. The Balaban J connectivity index is 2.36. The van der Waals surface area contributed by atoms with E-state index in [1.807, 2.05) is 20.8 Å². The highest BCUT2D eigenvalue weighted by molar-refractivity contribution is 6.31. The summed E-state index contributed by atoms with van der Waals surface area (Å²) in [7, 11) is 0. The highest BCUT2D eigenvalue weighted by atomic mass is 35.5. The van der Waals surface area contributed by atoms with Gasteiger partial charge in [-0.15, -0.1) is 10.2 Å². The molecule has 2 aromatic rings. The Bertz CT molecular complexity index is 870. The average Bonchev–Trinajstić information content (AvgIpc) is 2.46. The second kappa shape index (κ2) is 5.19. The number of aromatic amines is 1.